The van der Waals surface area contributed by atoms with Crippen molar-refractivity contribution in [2.45, 2.75) is 20.3 Å². The molecule has 0 aliphatic carbocycles. The molecule has 2 heteroatoms. The second kappa shape index (κ2) is 4.88. The SMILES string of the molecule is CC(C)Cc1ccc(-c2ccccn2)cn1. The zero-order chi connectivity index (χ0) is 11.4. The van der Waals surface area contributed by atoms with E-state index in [1.165, 1.54) is 0 Å². The van der Waals surface area contributed by atoms with E-state index in [-0.39, 0.29) is 0 Å². The first-order valence-electron chi connectivity index (χ1n) is 5.62. The van der Waals surface area contributed by atoms with Crippen LogP contribution in [-0.4, -0.2) is 9.97 Å². The minimum Gasteiger partial charge on any atom is -0.261 e. The lowest BCUT2D eigenvalue weighted by Gasteiger charge is -2.05. The van der Waals surface area contributed by atoms with Gasteiger partial charge in [0.05, 0.1) is 5.69 Å². The third kappa shape index (κ3) is 2.66. The van der Waals surface area contributed by atoms with Gasteiger partial charge in [-0.1, -0.05) is 19.9 Å². The molecule has 0 saturated carbocycles. The maximum Gasteiger partial charge on any atom is 0.0717 e. The summed E-state index contributed by atoms with van der Waals surface area (Å²) in [7, 11) is 0. The normalized spacial score (nSPS) is 10.7. The lowest BCUT2D eigenvalue weighted by Crippen LogP contribution is -1.96. The second-order valence-corrected chi connectivity index (χ2v) is 4.35. The maximum absolute atomic E-state index is 4.46. The summed E-state index contributed by atoms with van der Waals surface area (Å²) in [6.07, 6.45) is 4.74. The summed E-state index contributed by atoms with van der Waals surface area (Å²) in [5.41, 5.74) is 3.20. The number of pyridine rings is 2. The first-order valence-corrected chi connectivity index (χ1v) is 5.62. The standard InChI is InChI=1S/C14H16N2/c1-11(2)9-13-7-6-12(10-16-13)14-5-3-4-8-15-14/h3-8,10-11H,9H2,1-2H3. The summed E-state index contributed by atoms with van der Waals surface area (Å²) in [6, 6.07) is 10.1. The molecule has 2 aromatic heterocycles. The van der Waals surface area contributed by atoms with Crippen LogP contribution >= 0.6 is 0 Å². The van der Waals surface area contributed by atoms with Crippen molar-refractivity contribution in [1.82, 2.24) is 9.97 Å². The van der Waals surface area contributed by atoms with Crippen molar-refractivity contribution in [1.29, 1.82) is 0 Å². The van der Waals surface area contributed by atoms with Crippen molar-refractivity contribution in [3.05, 3.63) is 48.4 Å². The molecule has 2 aromatic rings. The van der Waals surface area contributed by atoms with E-state index in [0.717, 1.165) is 23.4 Å². The zero-order valence-electron chi connectivity index (χ0n) is 9.72. The van der Waals surface area contributed by atoms with Crippen LogP contribution in [0.2, 0.25) is 0 Å². The lowest BCUT2D eigenvalue weighted by atomic mass is 10.1. The van der Waals surface area contributed by atoms with Crippen LogP contribution in [0.1, 0.15) is 19.5 Å². The van der Waals surface area contributed by atoms with Crippen molar-refractivity contribution >= 4 is 0 Å². The highest BCUT2D eigenvalue weighted by molar-refractivity contribution is 5.57. The van der Waals surface area contributed by atoms with Gasteiger partial charge in [-0.3, -0.25) is 9.97 Å². The molecule has 2 heterocycles. The fourth-order valence-electron chi connectivity index (χ4n) is 1.65. The van der Waals surface area contributed by atoms with Crippen molar-refractivity contribution in [2.75, 3.05) is 0 Å². The average Bonchev–Trinajstić information content (AvgIpc) is 2.30. The van der Waals surface area contributed by atoms with Gasteiger partial charge in [-0.15, -0.1) is 0 Å². The number of hydrogen-bond donors (Lipinski definition) is 0. The van der Waals surface area contributed by atoms with E-state index >= 15 is 0 Å². The smallest absolute Gasteiger partial charge is 0.0717 e. The number of aromatic nitrogens is 2. The molecule has 0 N–H and O–H groups in total. The quantitative estimate of drug-likeness (QED) is 0.779. The average molecular weight is 212 g/mol. The third-order valence-corrected chi connectivity index (χ3v) is 2.40. The van der Waals surface area contributed by atoms with E-state index in [1.54, 1.807) is 6.20 Å². The predicted molar refractivity (Wildman–Crippen MR) is 66.0 cm³/mol. The Morgan fingerprint density at radius 3 is 2.50 bits per heavy atom. The Hall–Kier alpha value is -1.70. The van der Waals surface area contributed by atoms with Gasteiger partial charge in [0.2, 0.25) is 0 Å². The molecule has 0 aliphatic rings. The minimum atomic E-state index is 0.646. The number of nitrogens with zero attached hydrogens (tertiary/aromatic N) is 2. The van der Waals surface area contributed by atoms with Crippen LogP contribution in [0.15, 0.2) is 42.7 Å². The van der Waals surface area contributed by atoms with E-state index in [1.807, 2.05) is 24.4 Å². The van der Waals surface area contributed by atoms with Crippen LogP contribution in [0.3, 0.4) is 0 Å². The van der Waals surface area contributed by atoms with Crippen LogP contribution in [0.25, 0.3) is 11.3 Å². The summed E-state index contributed by atoms with van der Waals surface area (Å²) in [6.45, 7) is 4.41. The van der Waals surface area contributed by atoms with Crippen molar-refractivity contribution in [3.63, 3.8) is 0 Å². The molecule has 2 rings (SSSR count). The summed E-state index contributed by atoms with van der Waals surface area (Å²) in [5.74, 6) is 0.646. The molecule has 0 spiro atoms. The Bertz CT molecular complexity index is 432. The van der Waals surface area contributed by atoms with E-state index in [9.17, 15) is 0 Å². The molecule has 0 fully saturated rings. The molecule has 0 radical (unpaired) electrons. The zero-order valence-corrected chi connectivity index (χ0v) is 9.72. The number of hydrogen-bond acceptors (Lipinski definition) is 2. The molecule has 0 saturated heterocycles. The summed E-state index contributed by atoms with van der Waals surface area (Å²) >= 11 is 0. The van der Waals surface area contributed by atoms with Gasteiger partial charge < -0.3 is 0 Å². The molecule has 0 amide bonds. The fraction of sp³-hybridized carbons (Fsp3) is 0.286. The third-order valence-electron chi connectivity index (χ3n) is 2.40. The Labute approximate surface area is 96.4 Å². The van der Waals surface area contributed by atoms with Crippen molar-refractivity contribution in [3.8, 4) is 11.3 Å². The van der Waals surface area contributed by atoms with Gasteiger partial charge in [-0.05, 0) is 36.6 Å². The Balaban J connectivity index is 2.20. The van der Waals surface area contributed by atoms with Crippen LogP contribution in [0.5, 0.6) is 0 Å². The summed E-state index contributed by atoms with van der Waals surface area (Å²) in [4.78, 5) is 8.75. The van der Waals surface area contributed by atoms with Crippen LogP contribution in [0.4, 0.5) is 0 Å². The topological polar surface area (TPSA) is 25.8 Å². The van der Waals surface area contributed by atoms with E-state index < -0.39 is 0 Å². The Morgan fingerprint density at radius 2 is 1.94 bits per heavy atom. The van der Waals surface area contributed by atoms with Crippen LogP contribution in [-0.2, 0) is 6.42 Å². The van der Waals surface area contributed by atoms with Crippen LogP contribution < -0.4 is 0 Å². The monoisotopic (exact) mass is 212 g/mol. The molecule has 0 atom stereocenters. The van der Waals surface area contributed by atoms with Crippen LogP contribution in [0, 0.1) is 5.92 Å². The molecule has 2 nitrogen and oxygen atoms in total. The predicted octanol–water partition coefficient (Wildman–Crippen LogP) is 3.34. The molecule has 82 valence electrons. The minimum absolute atomic E-state index is 0.646. The van der Waals surface area contributed by atoms with Gasteiger partial charge in [0, 0.05) is 23.7 Å². The molecule has 0 unspecified atom stereocenters. The van der Waals surface area contributed by atoms with E-state index in [4.69, 9.17) is 0 Å². The van der Waals surface area contributed by atoms with Gasteiger partial charge in [0.15, 0.2) is 0 Å². The van der Waals surface area contributed by atoms with Gasteiger partial charge in [-0.2, -0.15) is 0 Å². The largest absolute Gasteiger partial charge is 0.261 e. The second-order valence-electron chi connectivity index (χ2n) is 4.35. The highest BCUT2D eigenvalue weighted by atomic mass is 14.7. The first-order chi connectivity index (χ1) is 7.75. The summed E-state index contributed by atoms with van der Waals surface area (Å²) in [5, 5.41) is 0. The Kier molecular flexibility index (Phi) is 3.30. The molecule has 16 heavy (non-hydrogen) atoms. The molecule has 0 bridgehead atoms. The molecule has 0 aromatic carbocycles. The van der Waals surface area contributed by atoms with Gasteiger partial charge in [-0.25, -0.2) is 0 Å². The lowest BCUT2D eigenvalue weighted by molar-refractivity contribution is 0.635. The van der Waals surface area contributed by atoms with Gasteiger partial charge in [0.25, 0.3) is 0 Å². The van der Waals surface area contributed by atoms with E-state index in [0.29, 0.717) is 5.92 Å². The van der Waals surface area contributed by atoms with Crippen molar-refractivity contribution in [2.24, 2.45) is 5.92 Å². The molecular formula is C14H16N2. The fourth-order valence-corrected chi connectivity index (χ4v) is 1.65. The molecule has 0 aliphatic heterocycles. The van der Waals surface area contributed by atoms with Gasteiger partial charge >= 0.3 is 0 Å². The number of rotatable bonds is 3. The highest BCUT2D eigenvalue weighted by Crippen LogP contribution is 2.15. The summed E-state index contributed by atoms with van der Waals surface area (Å²) < 4.78 is 0. The first kappa shape index (κ1) is 10.8. The Morgan fingerprint density at radius 1 is 1.06 bits per heavy atom. The molecular weight excluding hydrogens is 196 g/mol. The van der Waals surface area contributed by atoms with Crippen molar-refractivity contribution < 1.29 is 0 Å². The highest BCUT2D eigenvalue weighted by Gasteiger charge is 2.01. The maximum atomic E-state index is 4.46. The van der Waals surface area contributed by atoms with Gasteiger partial charge in [0.1, 0.15) is 0 Å². The van der Waals surface area contributed by atoms with E-state index in [2.05, 4.69) is 35.9 Å².